The first-order valence-corrected chi connectivity index (χ1v) is 7.91. The van der Waals surface area contributed by atoms with Gasteiger partial charge < -0.3 is 5.32 Å². The van der Waals surface area contributed by atoms with Crippen LogP contribution in [0, 0.1) is 25.2 Å². The van der Waals surface area contributed by atoms with E-state index in [-0.39, 0.29) is 11.5 Å². The van der Waals surface area contributed by atoms with E-state index < -0.39 is 0 Å². The van der Waals surface area contributed by atoms with E-state index in [4.69, 9.17) is 0 Å². The summed E-state index contributed by atoms with van der Waals surface area (Å²) in [4.78, 5) is 12.6. The number of carbonyl (C=O) groups excluding carboxylic acids is 1. The molecule has 1 aromatic rings. The molecule has 2 aliphatic carbocycles. The van der Waals surface area contributed by atoms with Crippen molar-refractivity contribution < 1.29 is 4.79 Å². The number of fused-ring (bicyclic) bond motifs is 1. The van der Waals surface area contributed by atoms with E-state index in [1.807, 2.05) is 0 Å². The Hall–Kier alpha value is -1.31. The molecule has 0 spiro atoms. The van der Waals surface area contributed by atoms with E-state index >= 15 is 0 Å². The Balaban J connectivity index is 1.70. The fourth-order valence-electron chi connectivity index (χ4n) is 4.02. The number of hydrogen-bond acceptors (Lipinski definition) is 1. The largest absolute Gasteiger partial charge is 0.349 e. The van der Waals surface area contributed by atoms with Crippen LogP contribution in [0.25, 0.3) is 0 Å². The van der Waals surface area contributed by atoms with Crippen molar-refractivity contribution >= 4 is 5.91 Å². The SMILES string of the molecule is Cc1ccc(C(C)NC(=O)C23CCCCC2C3)c(C)c1. The third-order valence-corrected chi connectivity index (χ3v) is 5.35. The molecule has 2 heteroatoms. The molecule has 0 radical (unpaired) electrons. The maximum absolute atomic E-state index is 12.6. The van der Waals surface area contributed by atoms with Gasteiger partial charge in [0.15, 0.2) is 0 Å². The van der Waals surface area contributed by atoms with Crippen molar-refractivity contribution in [1.29, 1.82) is 0 Å². The average molecular weight is 271 g/mol. The van der Waals surface area contributed by atoms with Crippen LogP contribution < -0.4 is 5.32 Å². The minimum atomic E-state index is 0.00507. The summed E-state index contributed by atoms with van der Waals surface area (Å²) in [6, 6.07) is 6.58. The predicted molar refractivity (Wildman–Crippen MR) is 81.5 cm³/mol. The third-order valence-electron chi connectivity index (χ3n) is 5.35. The molecule has 2 aliphatic rings. The van der Waals surface area contributed by atoms with Crippen molar-refractivity contribution in [3.63, 3.8) is 0 Å². The van der Waals surface area contributed by atoms with Crippen molar-refractivity contribution in [2.24, 2.45) is 11.3 Å². The van der Waals surface area contributed by atoms with Crippen LogP contribution in [-0.4, -0.2) is 5.91 Å². The highest BCUT2D eigenvalue weighted by Gasteiger charge is 2.60. The molecule has 2 saturated carbocycles. The normalized spacial score (nSPS) is 29.4. The molecule has 1 aromatic carbocycles. The summed E-state index contributed by atoms with van der Waals surface area (Å²) >= 11 is 0. The Bertz CT molecular complexity index is 536. The van der Waals surface area contributed by atoms with Gasteiger partial charge >= 0.3 is 0 Å². The van der Waals surface area contributed by atoms with Gasteiger partial charge in [0.25, 0.3) is 0 Å². The van der Waals surface area contributed by atoms with Gasteiger partial charge in [0.2, 0.25) is 5.91 Å². The minimum absolute atomic E-state index is 0.00507. The second-order valence-electron chi connectivity index (χ2n) is 6.86. The number of amides is 1. The molecule has 1 amide bonds. The molecule has 0 aliphatic heterocycles. The van der Waals surface area contributed by atoms with E-state index in [9.17, 15) is 4.79 Å². The molecule has 3 unspecified atom stereocenters. The summed E-state index contributed by atoms with van der Waals surface area (Å²) < 4.78 is 0. The number of benzene rings is 1. The average Bonchev–Trinajstić information content (AvgIpc) is 3.14. The highest BCUT2D eigenvalue weighted by Crippen LogP contribution is 2.61. The summed E-state index contributed by atoms with van der Waals surface area (Å²) in [5.41, 5.74) is 3.79. The lowest BCUT2D eigenvalue weighted by Gasteiger charge is -2.24. The second-order valence-corrected chi connectivity index (χ2v) is 6.86. The smallest absolute Gasteiger partial charge is 0.226 e. The number of aryl methyl sites for hydroxylation is 2. The van der Waals surface area contributed by atoms with Gasteiger partial charge in [-0.15, -0.1) is 0 Å². The van der Waals surface area contributed by atoms with E-state index in [0.717, 1.165) is 12.8 Å². The second kappa shape index (κ2) is 4.91. The van der Waals surface area contributed by atoms with Crippen LogP contribution in [0.1, 0.15) is 61.8 Å². The fraction of sp³-hybridized carbons (Fsp3) is 0.611. The molecule has 2 nitrogen and oxygen atoms in total. The van der Waals surface area contributed by atoms with Gasteiger partial charge in [-0.2, -0.15) is 0 Å². The highest BCUT2D eigenvalue weighted by molar-refractivity contribution is 5.86. The zero-order chi connectivity index (χ0) is 14.3. The van der Waals surface area contributed by atoms with Gasteiger partial charge in [-0.05, 0) is 57.1 Å². The maximum Gasteiger partial charge on any atom is 0.226 e. The zero-order valence-electron chi connectivity index (χ0n) is 12.8. The topological polar surface area (TPSA) is 29.1 Å². The maximum atomic E-state index is 12.6. The number of hydrogen-bond donors (Lipinski definition) is 1. The molecule has 0 heterocycles. The summed E-state index contributed by atoms with van der Waals surface area (Å²) in [7, 11) is 0. The Morgan fingerprint density at radius 1 is 1.35 bits per heavy atom. The van der Waals surface area contributed by atoms with E-state index in [1.165, 1.54) is 36.0 Å². The standard InChI is InChI=1S/C18H25NO/c1-12-7-8-16(13(2)10-12)14(3)19-17(20)18-9-5-4-6-15(18)11-18/h7-8,10,14-15H,4-6,9,11H2,1-3H3,(H,19,20). The van der Waals surface area contributed by atoms with Crippen LogP contribution in [0.3, 0.4) is 0 Å². The van der Waals surface area contributed by atoms with E-state index in [2.05, 4.69) is 44.3 Å². The first kappa shape index (κ1) is 13.7. The van der Waals surface area contributed by atoms with Crippen LogP contribution >= 0.6 is 0 Å². The fourth-order valence-corrected chi connectivity index (χ4v) is 4.02. The Morgan fingerprint density at radius 2 is 2.15 bits per heavy atom. The van der Waals surface area contributed by atoms with Crippen molar-refractivity contribution in [1.82, 2.24) is 5.32 Å². The molecule has 0 saturated heterocycles. The van der Waals surface area contributed by atoms with Crippen LogP contribution in [0.2, 0.25) is 0 Å². The van der Waals surface area contributed by atoms with Crippen LogP contribution in [0.4, 0.5) is 0 Å². The summed E-state index contributed by atoms with van der Waals surface area (Å²) in [5.74, 6) is 0.970. The molecular formula is C18H25NO. The molecule has 0 aromatic heterocycles. The lowest BCUT2D eigenvalue weighted by Crippen LogP contribution is -2.36. The first-order valence-electron chi connectivity index (χ1n) is 7.91. The van der Waals surface area contributed by atoms with Gasteiger partial charge in [0, 0.05) is 0 Å². The third kappa shape index (κ3) is 2.25. The summed E-state index contributed by atoms with van der Waals surface area (Å²) in [5, 5.41) is 3.27. The molecule has 3 atom stereocenters. The quantitative estimate of drug-likeness (QED) is 0.882. The van der Waals surface area contributed by atoms with Crippen molar-refractivity contribution in [3.05, 3.63) is 34.9 Å². The predicted octanol–water partition coefficient (Wildman–Crippen LogP) is 4.06. The number of nitrogens with one attached hydrogen (secondary N) is 1. The van der Waals surface area contributed by atoms with Gasteiger partial charge in [0.1, 0.15) is 0 Å². The minimum Gasteiger partial charge on any atom is -0.349 e. The molecule has 20 heavy (non-hydrogen) atoms. The van der Waals surface area contributed by atoms with E-state index in [1.54, 1.807) is 0 Å². The van der Waals surface area contributed by atoms with Gasteiger partial charge in [-0.1, -0.05) is 36.6 Å². The van der Waals surface area contributed by atoms with Crippen LogP contribution in [0.5, 0.6) is 0 Å². The summed E-state index contributed by atoms with van der Waals surface area (Å²) in [6.45, 7) is 6.34. The highest BCUT2D eigenvalue weighted by atomic mass is 16.2. The summed E-state index contributed by atoms with van der Waals surface area (Å²) in [6.07, 6.45) is 6.01. The van der Waals surface area contributed by atoms with Crippen LogP contribution in [0.15, 0.2) is 18.2 Å². The van der Waals surface area contributed by atoms with Gasteiger partial charge in [-0.3, -0.25) is 4.79 Å². The van der Waals surface area contributed by atoms with Crippen LogP contribution in [-0.2, 0) is 4.79 Å². The molecular weight excluding hydrogens is 246 g/mol. The monoisotopic (exact) mass is 271 g/mol. The molecule has 3 rings (SSSR count). The lowest BCUT2D eigenvalue weighted by atomic mass is 9.87. The Kier molecular flexibility index (Phi) is 3.35. The van der Waals surface area contributed by atoms with E-state index in [0.29, 0.717) is 11.8 Å². The van der Waals surface area contributed by atoms with Crippen molar-refractivity contribution in [2.45, 2.75) is 58.9 Å². The zero-order valence-corrected chi connectivity index (χ0v) is 12.8. The molecule has 1 N–H and O–H groups in total. The number of rotatable bonds is 3. The Morgan fingerprint density at radius 3 is 2.85 bits per heavy atom. The molecule has 0 bridgehead atoms. The van der Waals surface area contributed by atoms with Gasteiger partial charge in [0.05, 0.1) is 11.5 Å². The van der Waals surface area contributed by atoms with Gasteiger partial charge in [-0.25, -0.2) is 0 Å². The lowest BCUT2D eigenvalue weighted by molar-refractivity contribution is -0.128. The van der Waals surface area contributed by atoms with Crippen molar-refractivity contribution in [2.75, 3.05) is 0 Å². The molecule has 2 fully saturated rings. The first-order chi connectivity index (χ1) is 9.53. The van der Waals surface area contributed by atoms with Crippen molar-refractivity contribution in [3.8, 4) is 0 Å². The number of carbonyl (C=O) groups is 1. The molecule has 108 valence electrons. The Labute approximate surface area is 122 Å².